The molecule has 0 aromatic carbocycles. The fourth-order valence-electron chi connectivity index (χ4n) is 0.479. The van der Waals surface area contributed by atoms with Crippen LogP contribution in [0, 0.1) is 0 Å². The van der Waals surface area contributed by atoms with E-state index in [1.165, 1.54) is 0 Å². The molecule has 0 aliphatic carbocycles. The second-order valence-electron chi connectivity index (χ2n) is 2.58. The summed E-state index contributed by atoms with van der Waals surface area (Å²) in [5.41, 5.74) is 0. The molecule has 0 saturated heterocycles. The van der Waals surface area contributed by atoms with Crippen LogP contribution in [0.4, 0.5) is 35.1 Å². The third-order valence-electron chi connectivity index (χ3n) is 1.27. The fourth-order valence-corrected chi connectivity index (χ4v) is 8.04. The molecule has 0 saturated carbocycles. The Hall–Kier alpha value is 0.955. The first-order valence-corrected chi connectivity index (χ1v) is 9.35. The van der Waals surface area contributed by atoms with E-state index in [0.717, 1.165) is 0 Å². The minimum absolute atomic E-state index is 4.19. The van der Waals surface area contributed by atoms with Crippen LogP contribution >= 0.6 is 23.2 Å². The van der Waals surface area contributed by atoms with E-state index in [0.29, 0.717) is 0 Å². The predicted molar refractivity (Wildman–Crippen MR) is 31.5 cm³/mol. The maximum absolute atomic E-state index is 12.5. The van der Waals surface area contributed by atoms with Crippen molar-refractivity contribution in [3.63, 3.8) is 0 Å². The molecule has 0 amide bonds. The van der Waals surface area contributed by atoms with Crippen molar-refractivity contribution < 1.29 is 59.7 Å². The molecule has 0 rings (SSSR count). The van der Waals surface area contributed by atoms with Gasteiger partial charge in [0, 0.05) is 0 Å². The van der Waals surface area contributed by atoms with Gasteiger partial charge in [-0.05, 0) is 0 Å². The number of rotatable bonds is 2. The molecule has 0 aliphatic heterocycles. The first-order valence-electron chi connectivity index (χ1n) is 3.10. The summed E-state index contributed by atoms with van der Waals surface area (Å²) in [5, 5.41) is 0. The van der Waals surface area contributed by atoms with Crippen molar-refractivity contribution in [1.29, 1.82) is 0 Å². The third kappa shape index (κ3) is 4.03. The van der Waals surface area contributed by atoms with Crippen molar-refractivity contribution in [1.82, 2.24) is 0 Å². The normalized spacial score (nSPS) is 21.5. The zero-order valence-corrected chi connectivity index (χ0v) is 13.5. The standard InChI is InChI=1S/2C2ClF4.Hg/c2*3-1(4)2(5,6)7;. The van der Waals surface area contributed by atoms with Crippen LogP contribution in [0.15, 0.2) is 0 Å². The van der Waals surface area contributed by atoms with E-state index in [-0.39, 0.29) is 0 Å². The SMILES string of the molecule is FC(F)(F)[C](F)(Cl)[Hg][C](F)(Cl)C(F)(F)F. The van der Waals surface area contributed by atoms with Crippen LogP contribution in [0.5, 0.6) is 0 Å². The molecule has 2 atom stereocenters. The van der Waals surface area contributed by atoms with Gasteiger partial charge in [0.2, 0.25) is 0 Å². The molecule has 0 aliphatic rings. The van der Waals surface area contributed by atoms with Gasteiger partial charge in [0.25, 0.3) is 0 Å². The fraction of sp³-hybridized carbons (Fsp3) is 1.00. The molecule has 15 heavy (non-hydrogen) atoms. The maximum atomic E-state index is 12.5. The summed E-state index contributed by atoms with van der Waals surface area (Å²) >= 11 is 3.33. The molecular weight excluding hydrogens is 472 g/mol. The summed E-state index contributed by atoms with van der Waals surface area (Å²) in [6.07, 6.45) is -11.5. The number of hydrogen-bond acceptors (Lipinski definition) is 0. The second kappa shape index (κ2) is 4.32. The van der Waals surface area contributed by atoms with Crippen molar-refractivity contribution in [2.45, 2.75) is 17.6 Å². The van der Waals surface area contributed by atoms with Crippen LogP contribution in [0.2, 0.25) is 0 Å². The topological polar surface area (TPSA) is 0 Å². The van der Waals surface area contributed by atoms with Crippen molar-refractivity contribution in [3.05, 3.63) is 0 Å². The van der Waals surface area contributed by atoms with E-state index in [1.807, 2.05) is 0 Å². The molecule has 11 heteroatoms. The summed E-state index contributed by atoms with van der Waals surface area (Å²) in [6.45, 7) is 0. The number of alkyl halides is 10. The van der Waals surface area contributed by atoms with Crippen molar-refractivity contribution in [3.8, 4) is 0 Å². The average molecular weight is 472 g/mol. The Labute approximate surface area is 100 Å². The van der Waals surface area contributed by atoms with Crippen LogP contribution in [0.25, 0.3) is 0 Å². The van der Waals surface area contributed by atoms with Crippen LogP contribution in [-0.4, -0.2) is 17.6 Å². The number of hydrogen-bond donors (Lipinski definition) is 0. The van der Waals surface area contributed by atoms with E-state index in [9.17, 15) is 35.1 Å². The second-order valence-corrected chi connectivity index (χ2v) is 16.2. The van der Waals surface area contributed by atoms with E-state index >= 15 is 0 Å². The number of halogens is 10. The molecule has 0 radical (unpaired) electrons. The molecule has 2 unspecified atom stereocenters. The van der Waals surface area contributed by atoms with Crippen LogP contribution in [-0.2, 0) is 24.6 Å². The quantitative estimate of drug-likeness (QED) is 0.326. The Morgan fingerprint density at radius 1 is 0.600 bits per heavy atom. The van der Waals surface area contributed by atoms with Gasteiger partial charge in [-0.3, -0.25) is 0 Å². The van der Waals surface area contributed by atoms with Gasteiger partial charge in [-0.2, -0.15) is 0 Å². The molecule has 0 nitrogen and oxygen atoms in total. The van der Waals surface area contributed by atoms with Gasteiger partial charge in [-0.1, -0.05) is 0 Å². The van der Waals surface area contributed by atoms with Gasteiger partial charge in [-0.25, -0.2) is 0 Å². The van der Waals surface area contributed by atoms with Crippen LogP contribution in [0.3, 0.4) is 0 Å². The van der Waals surface area contributed by atoms with E-state index in [4.69, 9.17) is 0 Å². The molecular formula is C4Cl2F8Hg. The van der Waals surface area contributed by atoms with Crippen molar-refractivity contribution >= 4 is 23.2 Å². The van der Waals surface area contributed by atoms with Gasteiger partial charge < -0.3 is 0 Å². The Kier molecular flexibility index (Phi) is 4.60. The van der Waals surface area contributed by atoms with Gasteiger partial charge in [0.1, 0.15) is 0 Å². The Morgan fingerprint density at radius 2 is 0.800 bits per heavy atom. The molecule has 88 valence electrons. The van der Waals surface area contributed by atoms with Crippen LogP contribution in [0.1, 0.15) is 0 Å². The predicted octanol–water partition coefficient (Wildman–Crippen LogP) is 3.92. The molecule has 0 N–H and O–H groups in total. The summed E-state index contributed by atoms with van der Waals surface area (Å²) in [7, 11) is 0. The van der Waals surface area contributed by atoms with Gasteiger partial charge in [0.15, 0.2) is 0 Å². The average Bonchev–Trinajstić information content (AvgIpc) is 1.77. The first-order chi connectivity index (χ1) is 6.21. The Bertz CT molecular complexity index is 206. The minimum atomic E-state index is -5.76. The van der Waals surface area contributed by atoms with Crippen molar-refractivity contribution in [2.24, 2.45) is 0 Å². The van der Waals surface area contributed by atoms with E-state index < -0.39 is 42.2 Å². The van der Waals surface area contributed by atoms with E-state index in [2.05, 4.69) is 23.2 Å². The summed E-state index contributed by atoms with van der Waals surface area (Å²) in [5.74, 6) is 0. The third-order valence-corrected chi connectivity index (χ3v) is 10.6. The van der Waals surface area contributed by atoms with E-state index in [1.54, 1.807) is 0 Å². The van der Waals surface area contributed by atoms with Crippen molar-refractivity contribution in [2.75, 3.05) is 0 Å². The Balaban J connectivity index is 4.89. The Morgan fingerprint density at radius 3 is 0.933 bits per heavy atom. The molecule has 0 spiro atoms. The molecule has 0 heterocycles. The molecule has 0 aromatic heterocycles. The summed E-state index contributed by atoms with van der Waals surface area (Å²) in [4.78, 5) is 0. The molecule has 0 aromatic rings. The summed E-state index contributed by atoms with van der Waals surface area (Å²) < 4.78 is 86.0. The zero-order chi connectivity index (χ0) is 12.7. The van der Waals surface area contributed by atoms with Gasteiger partial charge in [0.05, 0.1) is 0 Å². The van der Waals surface area contributed by atoms with Crippen LogP contribution < -0.4 is 0 Å². The molecule has 0 fully saturated rings. The van der Waals surface area contributed by atoms with Gasteiger partial charge >= 0.3 is 101 Å². The summed E-state index contributed by atoms with van der Waals surface area (Å²) in [6, 6.07) is 0. The first kappa shape index (κ1) is 16.0. The van der Waals surface area contributed by atoms with Gasteiger partial charge in [-0.15, -0.1) is 0 Å². The zero-order valence-electron chi connectivity index (χ0n) is 6.49. The monoisotopic (exact) mass is 472 g/mol. The molecule has 0 bridgehead atoms.